The molecule has 1 amide bonds. The lowest BCUT2D eigenvalue weighted by atomic mass is 9.74. The maximum absolute atomic E-state index is 12.3. The lowest BCUT2D eigenvalue weighted by Gasteiger charge is -2.42. The van der Waals surface area contributed by atoms with E-state index in [1.807, 2.05) is 18.2 Å². The van der Waals surface area contributed by atoms with E-state index in [4.69, 9.17) is 4.74 Å². The molecule has 1 aromatic rings. The van der Waals surface area contributed by atoms with Crippen LogP contribution >= 0.6 is 0 Å². The normalized spacial score (nSPS) is 21.3. The molecule has 1 aliphatic carbocycles. The van der Waals surface area contributed by atoms with E-state index in [2.05, 4.69) is 5.32 Å². The van der Waals surface area contributed by atoms with Gasteiger partial charge in [-0.1, -0.05) is 25.3 Å². The molecule has 3 nitrogen and oxygen atoms in total. The SMILES string of the molecule is COc1cccc2c1CC1(CCCCC1)NC2=O. The van der Waals surface area contributed by atoms with Crippen LogP contribution in [0.2, 0.25) is 0 Å². The molecule has 1 saturated carbocycles. The van der Waals surface area contributed by atoms with Gasteiger partial charge in [0.05, 0.1) is 7.11 Å². The first-order valence-corrected chi connectivity index (χ1v) is 6.72. The van der Waals surface area contributed by atoms with Gasteiger partial charge in [-0.2, -0.15) is 0 Å². The summed E-state index contributed by atoms with van der Waals surface area (Å²) in [5.41, 5.74) is 1.85. The molecule has 96 valence electrons. The summed E-state index contributed by atoms with van der Waals surface area (Å²) in [6.45, 7) is 0. The van der Waals surface area contributed by atoms with Crippen LogP contribution in [-0.2, 0) is 6.42 Å². The number of hydrogen-bond donors (Lipinski definition) is 1. The Morgan fingerprint density at radius 1 is 1.22 bits per heavy atom. The van der Waals surface area contributed by atoms with Crippen molar-refractivity contribution in [1.82, 2.24) is 5.32 Å². The van der Waals surface area contributed by atoms with E-state index in [1.165, 1.54) is 19.3 Å². The predicted octanol–water partition coefficient (Wildman–Crippen LogP) is 2.68. The van der Waals surface area contributed by atoms with Gasteiger partial charge >= 0.3 is 0 Å². The lowest BCUT2D eigenvalue weighted by molar-refractivity contribution is 0.0842. The number of carbonyl (C=O) groups is 1. The van der Waals surface area contributed by atoms with E-state index in [9.17, 15) is 4.79 Å². The Morgan fingerprint density at radius 2 is 2.00 bits per heavy atom. The Bertz CT molecular complexity index is 475. The highest BCUT2D eigenvalue weighted by molar-refractivity contribution is 5.98. The Balaban J connectivity index is 2.02. The van der Waals surface area contributed by atoms with Gasteiger partial charge in [-0.25, -0.2) is 0 Å². The molecule has 1 aliphatic heterocycles. The van der Waals surface area contributed by atoms with Crippen molar-refractivity contribution >= 4 is 5.91 Å². The minimum Gasteiger partial charge on any atom is -0.496 e. The molecule has 1 N–H and O–H groups in total. The highest BCUT2D eigenvalue weighted by atomic mass is 16.5. The molecule has 0 saturated heterocycles. The molecule has 3 heteroatoms. The van der Waals surface area contributed by atoms with Gasteiger partial charge < -0.3 is 10.1 Å². The second kappa shape index (κ2) is 4.30. The van der Waals surface area contributed by atoms with Crippen molar-refractivity contribution in [2.24, 2.45) is 0 Å². The number of rotatable bonds is 1. The van der Waals surface area contributed by atoms with Gasteiger partial charge in [0.1, 0.15) is 5.75 Å². The largest absolute Gasteiger partial charge is 0.496 e. The van der Waals surface area contributed by atoms with Crippen molar-refractivity contribution in [2.45, 2.75) is 44.1 Å². The van der Waals surface area contributed by atoms with Gasteiger partial charge in [0.25, 0.3) is 5.91 Å². The average Bonchev–Trinajstić information content (AvgIpc) is 2.39. The molecule has 1 heterocycles. The van der Waals surface area contributed by atoms with Crippen molar-refractivity contribution in [2.75, 3.05) is 7.11 Å². The van der Waals surface area contributed by atoms with Crippen LogP contribution in [0.25, 0.3) is 0 Å². The summed E-state index contributed by atoms with van der Waals surface area (Å²) in [6.07, 6.45) is 6.82. The molecule has 0 atom stereocenters. The van der Waals surface area contributed by atoms with E-state index < -0.39 is 0 Å². The minimum atomic E-state index is -0.0169. The van der Waals surface area contributed by atoms with Gasteiger partial charge in [0.2, 0.25) is 0 Å². The monoisotopic (exact) mass is 245 g/mol. The van der Waals surface area contributed by atoms with Gasteiger partial charge in [0, 0.05) is 16.7 Å². The zero-order valence-corrected chi connectivity index (χ0v) is 10.8. The second-order valence-corrected chi connectivity index (χ2v) is 5.46. The van der Waals surface area contributed by atoms with E-state index >= 15 is 0 Å². The van der Waals surface area contributed by atoms with Crippen LogP contribution in [0.5, 0.6) is 5.75 Å². The fourth-order valence-electron chi connectivity index (χ4n) is 3.37. The highest BCUT2D eigenvalue weighted by Crippen LogP contribution is 2.38. The molecule has 0 aromatic heterocycles. The van der Waals surface area contributed by atoms with Gasteiger partial charge in [-0.3, -0.25) is 4.79 Å². The average molecular weight is 245 g/mol. The zero-order chi connectivity index (χ0) is 12.6. The molecule has 18 heavy (non-hydrogen) atoms. The van der Waals surface area contributed by atoms with E-state index in [-0.39, 0.29) is 11.4 Å². The summed E-state index contributed by atoms with van der Waals surface area (Å²) < 4.78 is 5.41. The van der Waals surface area contributed by atoms with Crippen LogP contribution in [0.4, 0.5) is 0 Å². The summed E-state index contributed by atoms with van der Waals surface area (Å²) in [4.78, 5) is 12.3. The van der Waals surface area contributed by atoms with Gasteiger partial charge in [0.15, 0.2) is 0 Å². The first kappa shape index (κ1) is 11.6. The third-order valence-electron chi connectivity index (χ3n) is 4.30. The Labute approximate surface area is 108 Å². The second-order valence-electron chi connectivity index (χ2n) is 5.46. The lowest BCUT2D eigenvalue weighted by Crippen LogP contribution is -2.54. The standard InChI is InChI=1S/C15H19NO2/c1-18-13-7-5-6-11-12(13)10-15(16-14(11)17)8-3-2-4-9-15/h5-7H,2-4,8-10H2,1H3,(H,16,17). The quantitative estimate of drug-likeness (QED) is 0.826. The smallest absolute Gasteiger partial charge is 0.252 e. The highest BCUT2D eigenvalue weighted by Gasteiger charge is 2.39. The molecule has 0 radical (unpaired) electrons. The van der Waals surface area contributed by atoms with Crippen LogP contribution in [0.3, 0.4) is 0 Å². The number of hydrogen-bond acceptors (Lipinski definition) is 2. The van der Waals surface area contributed by atoms with E-state index in [0.717, 1.165) is 36.1 Å². The third-order valence-corrected chi connectivity index (χ3v) is 4.30. The van der Waals surface area contributed by atoms with Crippen LogP contribution < -0.4 is 10.1 Å². The third kappa shape index (κ3) is 1.78. The number of amides is 1. The first-order chi connectivity index (χ1) is 8.74. The van der Waals surface area contributed by atoms with Crippen molar-refractivity contribution in [3.05, 3.63) is 29.3 Å². The fourth-order valence-corrected chi connectivity index (χ4v) is 3.37. The Morgan fingerprint density at radius 3 is 2.72 bits per heavy atom. The maximum Gasteiger partial charge on any atom is 0.252 e. The zero-order valence-electron chi connectivity index (χ0n) is 10.8. The molecule has 0 unspecified atom stereocenters. The van der Waals surface area contributed by atoms with Crippen LogP contribution in [0.1, 0.15) is 48.0 Å². The molecule has 1 spiro atoms. The number of nitrogens with one attached hydrogen (secondary N) is 1. The minimum absolute atomic E-state index is 0.0169. The molecule has 1 fully saturated rings. The number of ether oxygens (including phenoxy) is 1. The summed E-state index contributed by atoms with van der Waals surface area (Å²) in [6, 6.07) is 5.73. The van der Waals surface area contributed by atoms with E-state index in [1.54, 1.807) is 7.11 Å². The summed E-state index contributed by atoms with van der Waals surface area (Å²) >= 11 is 0. The van der Waals surface area contributed by atoms with Crippen LogP contribution in [0, 0.1) is 0 Å². The Kier molecular flexibility index (Phi) is 2.77. The first-order valence-electron chi connectivity index (χ1n) is 6.72. The van der Waals surface area contributed by atoms with Crippen molar-refractivity contribution in [3.8, 4) is 5.75 Å². The van der Waals surface area contributed by atoms with Crippen LogP contribution in [-0.4, -0.2) is 18.6 Å². The van der Waals surface area contributed by atoms with Crippen molar-refractivity contribution < 1.29 is 9.53 Å². The van der Waals surface area contributed by atoms with E-state index in [0.29, 0.717) is 0 Å². The van der Waals surface area contributed by atoms with Crippen LogP contribution in [0.15, 0.2) is 18.2 Å². The number of carbonyl (C=O) groups excluding carboxylic acids is 1. The number of methoxy groups -OCH3 is 1. The number of benzene rings is 1. The summed E-state index contributed by atoms with van der Waals surface area (Å²) in [7, 11) is 1.68. The molecule has 1 aromatic carbocycles. The topological polar surface area (TPSA) is 38.3 Å². The fraction of sp³-hybridized carbons (Fsp3) is 0.533. The maximum atomic E-state index is 12.3. The van der Waals surface area contributed by atoms with Gasteiger partial charge in [-0.05, 0) is 31.4 Å². The Hall–Kier alpha value is -1.51. The molecular weight excluding hydrogens is 226 g/mol. The summed E-state index contributed by atoms with van der Waals surface area (Å²) in [5, 5.41) is 3.24. The molecule has 2 aliphatic rings. The molecule has 0 bridgehead atoms. The summed E-state index contributed by atoms with van der Waals surface area (Å²) in [5.74, 6) is 0.921. The molecule has 3 rings (SSSR count). The number of fused-ring (bicyclic) bond motifs is 1. The predicted molar refractivity (Wildman–Crippen MR) is 70.0 cm³/mol. The van der Waals surface area contributed by atoms with Crippen molar-refractivity contribution in [1.29, 1.82) is 0 Å². The van der Waals surface area contributed by atoms with Crippen molar-refractivity contribution in [3.63, 3.8) is 0 Å². The molecular formula is C15H19NO2. The van der Waals surface area contributed by atoms with Gasteiger partial charge in [-0.15, -0.1) is 0 Å².